The van der Waals surface area contributed by atoms with Gasteiger partial charge in [0.25, 0.3) is 0 Å². The van der Waals surface area contributed by atoms with Crippen molar-refractivity contribution in [3.63, 3.8) is 0 Å². The molecule has 0 aliphatic rings. The molecule has 0 radical (unpaired) electrons. The van der Waals surface area contributed by atoms with Gasteiger partial charge in [0.2, 0.25) is 5.95 Å². The average Bonchev–Trinajstić information content (AvgIpc) is 3.92. The molecule has 0 N–H and O–H groups in total. The second kappa shape index (κ2) is 11.5. The Labute approximate surface area is 315 Å². The lowest BCUT2D eigenvalue weighted by Crippen LogP contribution is -2.06. The van der Waals surface area contributed by atoms with Gasteiger partial charge in [0, 0.05) is 32.6 Å². The van der Waals surface area contributed by atoms with Crippen LogP contribution in [-0.4, -0.2) is 23.5 Å². The Hall–Kier alpha value is -7.50. The first kappa shape index (κ1) is 30.0. The van der Waals surface area contributed by atoms with Gasteiger partial charge in [0.05, 0.1) is 38.6 Å². The van der Waals surface area contributed by atoms with Crippen LogP contribution in [0.1, 0.15) is 0 Å². The summed E-state index contributed by atoms with van der Waals surface area (Å²) < 4.78 is 6.89. The maximum absolute atomic E-state index is 5.34. The lowest BCUT2D eigenvalue weighted by molar-refractivity contribution is 0.979. The molecular formula is C50H31N5. The molecule has 0 saturated carbocycles. The number of hydrogen-bond donors (Lipinski definition) is 0. The standard InChI is InChI=1S/C50H31N5/c1-2-15-36(16-3-1)53-44-22-9-5-17-37(44)40-30-34(25-27-46(40)53)32-13-12-14-33(29-32)35-26-28-47-41(31-35)38-18-6-10-23-45(38)54(47)50-52-42-20-7-4-19-39(42)49-51-43-21-8-11-24-48(43)55(49)50/h1-31H. The lowest BCUT2D eigenvalue weighted by atomic mass is 9.97. The molecule has 0 spiro atoms. The molecule has 0 amide bonds. The Morgan fingerprint density at radius 3 is 1.51 bits per heavy atom. The third-order valence-corrected chi connectivity index (χ3v) is 11.2. The fourth-order valence-electron chi connectivity index (χ4n) is 8.73. The van der Waals surface area contributed by atoms with E-state index in [0.29, 0.717) is 0 Å². The minimum Gasteiger partial charge on any atom is -0.309 e. The zero-order chi connectivity index (χ0) is 36.0. The van der Waals surface area contributed by atoms with Gasteiger partial charge < -0.3 is 4.57 Å². The van der Waals surface area contributed by atoms with E-state index >= 15 is 0 Å². The Kier molecular flexibility index (Phi) is 6.27. The summed E-state index contributed by atoms with van der Waals surface area (Å²) in [6.45, 7) is 0. The Morgan fingerprint density at radius 1 is 0.309 bits per heavy atom. The zero-order valence-corrected chi connectivity index (χ0v) is 29.6. The molecule has 0 fully saturated rings. The number of imidazole rings is 1. The van der Waals surface area contributed by atoms with E-state index in [0.717, 1.165) is 44.6 Å². The van der Waals surface area contributed by atoms with Gasteiger partial charge in [-0.05, 0) is 101 Å². The van der Waals surface area contributed by atoms with Gasteiger partial charge >= 0.3 is 0 Å². The van der Waals surface area contributed by atoms with Crippen molar-refractivity contribution in [1.29, 1.82) is 0 Å². The molecular weight excluding hydrogens is 671 g/mol. The van der Waals surface area contributed by atoms with Gasteiger partial charge in [-0.3, -0.25) is 8.97 Å². The summed E-state index contributed by atoms with van der Waals surface area (Å²) >= 11 is 0. The second-order valence-corrected chi connectivity index (χ2v) is 14.3. The van der Waals surface area contributed by atoms with Crippen molar-refractivity contribution < 1.29 is 0 Å². The van der Waals surface area contributed by atoms with Crippen molar-refractivity contribution in [2.24, 2.45) is 0 Å². The van der Waals surface area contributed by atoms with Crippen LogP contribution in [-0.2, 0) is 0 Å². The highest BCUT2D eigenvalue weighted by atomic mass is 15.2. The van der Waals surface area contributed by atoms with E-state index in [4.69, 9.17) is 9.97 Å². The van der Waals surface area contributed by atoms with Gasteiger partial charge in [-0.25, -0.2) is 9.97 Å². The van der Waals surface area contributed by atoms with Crippen LogP contribution in [0.15, 0.2) is 188 Å². The summed E-state index contributed by atoms with van der Waals surface area (Å²) in [4.78, 5) is 10.5. The molecule has 12 rings (SSSR count). The van der Waals surface area contributed by atoms with Gasteiger partial charge in [-0.1, -0.05) is 109 Å². The topological polar surface area (TPSA) is 40.0 Å². The first-order chi connectivity index (χ1) is 27.3. The van der Waals surface area contributed by atoms with Crippen molar-refractivity contribution >= 4 is 71.2 Å². The van der Waals surface area contributed by atoms with Crippen molar-refractivity contribution in [3.8, 4) is 33.9 Å². The molecule has 0 bridgehead atoms. The van der Waals surface area contributed by atoms with Crippen molar-refractivity contribution in [3.05, 3.63) is 188 Å². The van der Waals surface area contributed by atoms with E-state index in [1.807, 2.05) is 12.1 Å². The van der Waals surface area contributed by atoms with E-state index in [1.165, 1.54) is 60.5 Å². The minimum absolute atomic E-state index is 0.826. The maximum Gasteiger partial charge on any atom is 0.221 e. The average molecular weight is 702 g/mol. The molecule has 4 heterocycles. The van der Waals surface area contributed by atoms with Gasteiger partial charge in [-0.2, -0.15) is 0 Å². The predicted molar refractivity (Wildman–Crippen MR) is 228 cm³/mol. The van der Waals surface area contributed by atoms with E-state index in [1.54, 1.807) is 0 Å². The van der Waals surface area contributed by atoms with Crippen LogP contribution in [0.4, 0.5) is 0 Å². The number of para-hydroxylation sites is 6. The third kappa shape index (κ3) is 4.41. The largest absolute Gasteiger partial charge is 0.309 e. The fourth-order valence-corrected chi connectivity index (χ4v) is 8.73. The molecule has 256 valence electrons. The summed E-state index contributed by atoms with van der Waals surface area (Å²) in [5.41, 5.74) is 14.3. The fraction of sp³-hybridized carbons (Fsp3) is 0. The second-order valence-electron chi connectivity index (χ2n) is 14.3. The zero-order valence-electron chi connectivity index (χ0n) is 29.6. The van der Waals surface area contributed by atoms with Crippen LogP contribution < -0.4 is 0 Å². The SMILES string of the molecule is c1ccc(-n2c3ccccc3c3cc(-c4cccc(-c5ccc6c(c5)c5ccccc5n6-c5nc6ccccc6c6nc7ccccc7n56)c4)ccc32)cc1. The minimum atomic E-state index is 0.826. The van der Waals surface area contributed by atoms with Crippen molar-refractivity contribution in [2.45, 2.75) is 0 Å². The van der Waals surface area contributed by atoms with E-state index in [-0.39, 0.29) is 0 Å². The molecule has 12 aromatic rings. The molecule has 0 unspecified atom stereocenters. The molecule has 5 heteroatoms. The van der Waals surface area contributed by atoms with Crippen LogP contribution in [0.2, 0.25) is 0 Å². The van der Waals surface area contributed by atoms with E-state index in [2.05, 4.69) is 189 Å². The van der Waals surface area contributed by atoms with Crippen LogP contribution >= 0.6 is 0 Å². The first-order valence-electron chi connectivity index (χ1n) is 18.7. The van der Waals surface area contributed by atoms with E-state index in [9.17, 15) is 0 Å². The smallest absolute Gasteiger partial charge is 0.221 e. The number of rotatable bonds is 4. The van der Waals surface area contributed by atoms with E-state index < -0.39 is 0 Å². The predicted octanol–water partition coefficient (Wildman–Crippen LogP) is 12.6. The number of benzene rings is 8. The summed E-state index contributed by atoms with van der Waals surface area (Å²) in [6.07, 6.45) is 0. The number of fused-ring (bicyclic) bond motifs is 11. The van der Waals surface area contributed by atoms with Gasteiger partial charge in [-0.15, -0.1) is 0 Å². The molecule has 55 heavy (non-hydrogen) atoms. The Bertz CT molecular complexity index is 3490. The summed E-state index contributed by atoms with van der Waals surface area (Å²) in [7, 11) is 0. The highest BCUT2D eigenvalue weighted by molar-refractivity contribution is 6.12. The first-order valence-corrected chi connectivity index (χ1v) is 18.7. The normalized spacial score (nSPS) is 12.0. The van der Waals surface area contributed by atoms with Crippen LogP contribution in [0.5, 0.6) is 0 Å². The summed E-state index contributed by atoms with van der Waals surface area (Å²) in [5, 5.41) is 5.90. The van der Waals surface area contributed by atoms with Gasteiger partial charge in [0.15, 0.2) is 0 Å². The third-order valence-electron chi connectivity index (χ3n) is 11.2. The van der Waals surface area contributed by atoms with Crippen molar-refractivity contribution in [1.82, 2.24) is 23.5 Å². The Morgan fingerprint density at radius 2 is 0.818 bits per heavy atom. The highest BCUT2D eigenvalue weighted by Crippen LogP contribution is 2.39. The number of nitrogens with zero attached hydrogens (tertiary/aromatic N) is 5. The van der Waals surface area contributed by atoms with Crippen LogP contribution in [0.3, 0.4) is 0 Å². The number of hydrogen-bond acceptors (Lipinski definition) is 2. The van der Waals surface area contributed by atoms with Gasteiger partial charge in [0.1, 0.15) is 5.65 Å². The molecule has 0 atom stereocenters. The molecule has 0 saturated heterocycles. The monoisotopic (exact) mass is 701 g/mol. The Balaban J connectivity index is 1.03. The van der Waals surface area contributed by atoms with Crippen molar-refractivity contribution in [2.75, 3.05) is 0 Å². The summed E-state index contributed by atoms with van der Waals surface area (Å²) in [6, 6.07) is 67.3. The van der Waals surface area contributed by atoms with Crippen LogP contribution in [0.25, 0.3) is 105 Å². The molecule has 0 aliphatic carbocycles. The quantitative estimate of drug-likeness (QED) is 0.183. The maximum atomic E-state index is 5.34. The summed E-state index contributed by atoms with van der Waals surface area (Å²) in [5.74, 6) is 0.826. The lowest BCUT2D eigenvalue weighted by Gasteiger charge is -2.12. The molecule has 4 aromatic heterocycles. The highest BCUT2D eigenvalue weighted by Gasteiger charge is 2.20. The van der Waals surface area contributed by atoms with Crippen LogP contribution in [0, 0.1) is 0 Å². The molecule has 5 nitrogen and oxygen atoms in total. The molecule has 8 aromatic carbocycles. The number of aromatic nitrogens is 5. The molecule has 0 aliphatic heterocycles.